The van der Waals surface area contributed by atoms with Gasteiger partial charge in [0.05, 0.1) is 13.5 Å². The van der Waals surface area contributed by atoms with Crippen molar-refractivity contribution in [2.75, 3.05) is 7.11 Å². The summed E-state index contributed by atoms with van der Waals surface area (Å²) in [6.07, 6.45) is 0.857. The molecule has 1 N–H and O–H groups in total. The second-order valence-electron chi connectivity index (χ2n) is 4.84. The summed E-state index contributed by atoms with van der Waals surface area (Å²) in [6, 6.07) is 5.12. The minimum Gasteiger partial charge on any atom is -0.497 e. The van der Waals surface area contributed by atoms with Crippen LogP contribution in [0.5, 0.6) is 5.75 Å². The molecule has 6 heteroatoms. The summed E-state index contributed by atoms with van der Waals surface area (Å²) in [6.45, 7) is 0. The first kappa shape index (κ1) is 13.2. The lowest BCUT2D eigenvalue weighted by Gasteiger charge is -2.17. The second kappa shape index (κ2) is 4.66. The van der Waals surface area contributed by atoms with E-state index in [0.29, 0.717) is 22.2 Å². The van der Waals surface area contributed by atoms with Crippen molar-refractivity contribution in [1.29, 1.82) is 0 Å². The zero-order valence-corrected chi connectivity index (χ0v) is 11.1. The van der Waals surface area contributed by atoms with E-state index < -0.39 is 35.5 Å². The van der Waals surface area contributed by atoms with Crippen molar-refractivity contribution < 1.29 is 23.9 Å². The Hall–Kier alpha value is -2.76. The number of H-pyrrole nitrogens is 1. The summed E-state index contributed by atoms with van der Waals surface area (Å²) in [7, 11) is 1.50. The first-order valence-corrected chi connectivity index (χ1v) is 6.32. The van der Waals surface area contributed by atoms with E-state index in [9.17, 15) is 19.2 Å². The van der Waals surface area contributed by atoms with Gasteiger partial charge in [0.25, 0.3) is 0 Å². The standard InChI is InChI=1S/C15H11NO5/c1-21-7-2-3-10-8(4-7)9(6-16-10)13-14(19)11(17)5-12(18)15(13)20/h2-4,6,13,16H,5H2,1H3. The van der Waals surface area contributed by atoms with Crippen LogP contribution in [-0.4, -0.2) is 35.2 Å². The van der Waals surface area contributed by atoms with E-state index in [2.05, 4.69) is 4.98 Å². The van der Waals surface area contributed by atoms with Crippen LogP contribution in [0.2, 0.25) is 0 Å². The molecule has 3 rings (SSSR count). The Morgan fingerprint density at radius 2 is 1.76 bits per heavy atom. The average Bonchev–Trinajstić information content (AvgIpc) is 2.88. The van der Waals surface area contributed by atoms with Gasteiger partial charge in [0.1, 0.15) is 11.7 Å². The maximum absolute atomic E-state index is 12.0. The predicted molar refractivity (Wildman–Crippen MR) is 72.2 cm³/mol. The Morgan fingerprint density at radius 1 is 1.10 bits per heavy atom. The van der Waals surface area contributed by atoms with Crippen molar-refractivity contribution in [2.24, 2.45) is 0 Å². The highest BCUT2D eigenvalue weighted by Gasteiger charge is 2.43. The molecule has 0 amide bonds. The molecule has 1 aromatic carbocycles. The number of hydrogen-bond donors (Lipinski definition) is 1. The van der Waals surface area contributed by atoms with E-state index in [0.717, 1.165) is 0 Å². The Labute approximate surface area is 119 Å². The minimum atomic E-state index is -1.35. The molecule has 0 radical (unpaired) electrons. The number of nitrogens with one attached hydrogen (secondary N) is 1. The number of Topliss-reactive ketones (excluding diaryl/α,β-unsaturated/α-hetero) is 4. The van der Waals surface area contributed by atoms with Gasteiger partial charge in [0, 0.05) is 17.1 Å². The van der Waals surface area contributed by atoms with E-state index in [-0.39, 0.29) is 0 Å². The quantitative estimate of drug-likeness (QED) is 0.654. The van der Waals surface area contributed by atoms with Gasteiger partial charge in [0.2, 0.25) is 23.1 Å². The lowest BCUT2D eigenvalue weighted by molar-refractivity contribution is -0.149. The number of fused-ring (bicyclic) bond motifs is 1. The largest absolute Gasteiger partial charge is 0.497 e. The number of methoxy groups -OCH3 is 1. The molecule has 0 spiro atoms. The number of hydrogen-bond acceptors (Lipinski definition) is 5. The first-order chi connectivity index (χ1) is 10.0. The van der Waals surface area contributed by atoms with Gasteiger partial charge >= 0.3 is 0 Å². The molecule has 1 heterocycles. The number of ether oxygens (including phenoxy) is 1. The Bertz CT molecular complexity index is 775. The SMILES string of the molecule is COc1ccc2[nH]cc(C3C(=O)C(=O)CC(=O)C3=O)c2c1. The smallest absolute Gasteiger partial charge is 0.214 e. The minimum absolute atomic E-state index is 0.334. The summed E-state index contributed by atoms with van der Waals surface area (Å²) in [5.74, 6) is -4.09. The van der Waals surface area contributed by atoms with E-state index in [1.807, 2.05) is 0 Å². The van der Waals surface area contributed by atoms with E-state index in [4.69, 9.17) is 4.74 Å². The first-order valence-electron chi connectivity index (χ1n) is 6.32. The van der Waals surface area contributed by atoms with Crippen LogP contribution in [0.25, 0.3) is 10.9 Å². The molecule has 0 aliphatic heterocycles. The summed E-state index contributed by atoms with van der Waals surface area (Å²) >= 11 is 0. The Morgan fingerprint density at radius 3 is 2.38 bits per heavy atom. The molecule has 1 aromatic heterocycles. The van der Waals surface area contributed by atoms with E-state index in [1.54, 1.807) is 18.2 Å². The van der Waals surface area contributed by atoms with Crippen LogP contribution in [0.1, 0.15) is 17.9 Å². The number of rotatable bonds is 2. The van der Waals surface area contributed by atoms with Gasteiger partial charge in [-0.3, -0.25) is 19.2 Å². The molecule has 2 aromatic rings. The van der Waals surface area contributed by atoms with Gasteiger partial charge in [-0.25, -0.2) is 0 Å². The molecule has 0 atom stereocenters. The lowest BCUT2D eigenvalue weighted by atomic mass is 9.80. The highest BCUT2D eigenvalue weighted by atomic mass is 16.5. The maximum Gasteiger partial charge on any atom is 0.214 e. The maximum atomic E-state index is 12.0. The number of carbonyl (C=O) groups is 4. The van der Waals surface area contributed by atoms with Gasteiger partial charge in [0.15, 0.2) is 0 Å². The number of aromatic amines is 1. The van der Waals surface area contributed by atoms with Crippen LogP contribution in [-0.2, 0) is 19.2 Å². The van der Waals surface area contributed by atoms with Gasteiger partial charge in [-0.1, -0.05) is 0 Å². The highest BCUT2D eigenvalue weighted by Crippen LogP contribution is 2.32. The van der Waals surface area contributed by atoms with Crippen molar-refractivity contribution in [3.63, 3.8) is 0 Å². The molecule has 0 unspecified atom stereocenters. The van der Waals surface area contributed by atoms with Crippen molar-refractivity contribution in [3.8, 4) is 5.75 Å². The second-order valence-corrected chi connectivity index (χ2v) is 4.84. The van der Waals surface area contributed by atoms with Crippen LogP contribution >= 0.6 is 0 Å². The van der Waals surface area contributed by atoms with Crippen molar-refractivity contribution in [1.82, 2.24) is 4.98 Å². The lowest BCUT2D eigenvalue weighted by Crippen LogP contribution is -2.40. The molecule has 1 saturated carbocycles. The number of ketones is 4. The van der Waals surface area contributed by atoms with Crippen LogP contribution in [0, 0.1) is 0 Å². The Kier molecular flexibility index (Phi) is 2.94. The molecular weight excluding hydrogens is 274 g/mol. The van der Waals surface area contributed by atoms with E-state index in [1.165, 1.54) is 13.3 Å². The van der Waals surface area contributed by atoms with Gasteiger partial charge in [-0.15, -0.1) is 0 Å². The molecular formula is C15H11NO5. The zero-order chi connectivity index (χ0) is 15.1. The van der Waals surface area contributed by atoms with Crippen LogP contribution in [0.15, 0.2) is 24.4 Å². The summed E-state index contributed by atoms with van der Waals surface area (Å²) in [5, 5.41) is 0.587. The van der Waals surface area contributed by atoms with Crippen LogP contribution in [0.4, 0.5) is 0 Å². The number of aromatic nitrogens is 1. The summed E-state index contributed by atoms with van der Waals surface area (Å²) in [5.41, 5.74) is 1.03. The third-order valence-electron chi connectivity index (χ3n) is 3.63. The topological polar surface area (TPSA) is 93.3 Å². The summed E-state index contributed by atoms with van der Waals surface area (Å²) in [4.78, 5) is 50.1. The van der Waals surface area contributed by atoms with E-state index >= 15 is 0 Å². The fraction of sp³-hybridized carbons (Fsp3) is 0.200. The number of benzene rings is 1. The van der Waals surface area contributed by atoms with Gasteiger partial charge in [-0.05, 0) is 23.8 Å². The molecule has 106 valence electrons. The van der Waals surface area contributed by atoms with Gasteiger partial charge < -0.3 is 9.72 Å². The molecule has 1 aliphatic carbocycles. The Balaban J connectivity index is 2.18. The number of carbonyl (C=O) groups excluding carboxylic acids is 4. The third kappa shape index (κ3) is 1.96. The normalized spacial score (nSPS) is 16.8. The van der Waals surface area contributed by atoms with Crippen LogP contribution < -0.4 is 4.74 Å². The zero-order valence-electron chi connectivity index (χ0n) is 11.1. The molecule has 21 heavy (non-hydrogen) atoms. The van der Waals surface area contributed by atoms with Crippen molar-refractivity contribution in [3.05, 3.63) is 30.0 Å². The fourth-order valence-electron chi connectivity index (χ4n) is 2.53. The third-order valence-corrected chi connectivity index (χ3v) is 3.63. The van der Waals surface area contributed by atoms with Crippen molar-refractivity contribution >= 4 is 34.0 Å². The molecule has 6 nitrogen and oxygen atoms in total. The molecule has 0 bridgehead atoms. The molecule has 0 saturated heterocycles. The molecule has 1 fully saturated rings. The highest BCUT2D eigenvalue weighted by molar-refractivity contribution is 6.61. The molecule has 1 aliphatic rings. The van der Waals surface area contributed by atoms with Crippen molar-refractivity contribution in [2.45, 2.75) is 12.3 Å². The average molecular weight is 285 g/mol. The van der Waals surface area contributed by atoms with Gasteiger partial charge in [-0.2, -0.15) is 0 Å². The fourth-order valence-corrected chi connectivity index (χ4v) is 2.53. The summed E-state index contributed by atoms with van der Waals surface area (Å²) < 4.78 is 5.11. The monoisotopic (exact) mass is 285 g/mol. The predicted octanol–water partition coefficient (Wildman–Crippen LogP) is 0.940. The van der Waals surface area contributed by atoms with Crippen LogP contribution in [0.3, 0.4) is 0 Å².